The lowest BCUT2D eigenvalue weighted by molar-refractivity contribution is 0.211. The highest BCUT2D eigenvalue weighted by Gasteiger charge is 2.21. The first-order chi connectivity index (χ1) is 11.0. The predicted molar refractivity (Wildman–Crippen MR) is 103 cm³/mol. The molecule has 23 heavy (non-hydrogen) atoms. The maximum atomic E-state index is 4.08. The Morgan fingerprint density at radius 1 is 1.26 bits per heavy atom. The van der Waals surface area contributed by atoms with Crippen molar-refractivity contribution in [2.24, 2.45) is 5.92 Å². The van der Waals surface area contributed by atoms with E-state index in [0.717, 1.165) is 18.2 Å². The SMILES string of the molecule is C=C/C=C\C(=C)N(C)C1CCC(C)CC1.C=CCN1CCC1=C. The van der Waals surface area contributed by atoms with Gasteiger partial charge in [0.25, 0.3) is 0 Å². The number of likely N-dealkylation sites (N-methyl/N-ethyl adjacent to an activating group) is 1. The number of nitrogens with zero attached hydrogens (tertiary/aromatic N) is 2. The highest BCUT2D eigenvalue weighted by molar-refractivity contribution is 5.17. The highest BCUT2D eigenvalue weighted by atomic mass is 15.2. The molecule has 0 aromatic rings. The van der Waals surface area contributed by atoms with Gasteiger partial charge in [-0.2, -0.15) is 0 Å². The molecular formula is C21H34N2. The third-order valence-electron chi connectivity index (χ3n) is 4.88. The van der Waals surface area contributed by atoms with Crippen molar-refractivity contribution in [2.75, 3.05) is 20.1 Å². The van der Waals surface area contributed by atoms with Gasteiger partial charge in [-0.25, -0.2) is 0 Å². The Balaban J connectivity index is 0.000000277. The molecule has 1 aliphatic carbocycles. The molecule has 1 saturated heterocycles. The maximum Gasteiger partial charge on any atom is 0.0353 e. The number of hydrogen-bond donors (Lipinski definition) is 0. The number of hydrogen-bond acceptors (Lipinski definition) is 2. The van der Waals surface area contributed by atoms with E-state index in [4.69, 9.17) is 0 Å². The van der Waals surface area contributed by atoms with Crippen molar-refractivity contribution >= 4 is 0 Å². The van der Waals surface area contributed by atoms with Crippen LogP contribution in [0.5, 0.6) is 0 Å². The minimum absolute atomic E-state index is 0.683. The molecule has 2 nitrogen and oxygen atoms in total. The van der Waals surface area contributed by atoms with Gasteiger partial charge in [0, 0.05) is 44.0 Å². The molecule has 2 fully saturated rings. The van der Waals surface area contributed by atoms with Gasteiger partial charge in [0.1, 0.15) is 0 Å². The lowest BCUT2D eigenvalue weighted by Gasteiger charge is -2.35. The van der Waals surface area contributed by atoms with Crippen LogP contribution in [0.15, 0.2) is 62.0 Å². The highest BCUT2D eigenvalue weighted by Crippen LogP contribution is 2.27. The first-order valence-corrected chi connectivity index (χ1v) is 8.74. The van der Waals surface area contributed by atoms with Gasteiger partial charge in [-0.3, -0.25) is 0 Å². The molecule has 0 unspecified atom stereocenters. The minimum atomic E-state index is 0.683. The quantitative estimate of drug-likeness (QED) is 0.494. The summed E-state index contributed by atoms with van der Waals surface area (Å²) in [4.78, 5) is 4.53. The summed E-state index contributed by atoms with van der Waals surface area (Å²) in [7, 11) is 2.15. The summed E-state index contributed by atoms with van der Waals surface area (Å²) < 4.78 is 0. The van der Waals surface area contributed by atoms with Crippen LogP contribution >= 0.6 is 0 Å². The smallest absolute Gasteiger partial charge is 0.0353 e. The van der Waals surface area contributed by atoms with Crippen molar-refractivity contribution in [3.8, 4) is 0 Å². The van der Waals surface area contributed by atoms with Gasteiger partial charge in [-0.15, -0.1) is 6.58 Å². The molecule has 2 aliphatic rings. The van der Waals surface area contributed by atoms with Crippen LogP contribution in [0.1, 0.15) is 39.0 Å². The topological polar surface area (TPSA) is 6.48 Å². The van der Waals surface area contributed by atoms with Crippen LogP contribution in [0.4, 0.5) is 0 Å². The van der Waals surface area contributed by atoms with E-state index < -0.39 is 0 Å². The third kappa shape index (κ3) is 6.52. The molecule has 2 rings (SSSR count). The zero-order chi connectivity index (χ0) is 17.2. The van der Waals surface area contributed by atoms with E-state index in [1.54, 1.807) is 6.08 Å². The summed E-state index contributed by atoms with van der Waals surface area (Å²) in [5, 5.41) is 0. The van der Waals surface area contributed by atoms with E-state index >= 15 is 0 Å². The van der Waals surface area contributed by atoms with Crippen LogP contribution in [-0.4, -0.2) is 36.0 Å². The molecule has 0 bridgehead atoms. The molecule has 0 aromatic heterocycles. The van der Waals surface area contributed by atoms with Crippen LogP contribution in [0.25, 0.3) is 0 Å². The molecule has 1 heterocycles. The molecular weight excluding hydrogens is 280 g/mol. The largest absolute Gasteiger partial charge is 0.372 e. The van der Waals surface area contributed by atoms with Crippen LogP contribution in [0, 0.1) is 5.92 Å². The summed E-state index contributed by atoms with van der Waals surface area (Å²) in [5.41, 5.74) is 2.35. The Bertz CT molecular complexity index is 439. The van der Waals surface area contributed by atoms with Gasteiger partial charge >= 0.3 is 0 Å². The van der Waals surface area contributed by atoms with E-state index in [2.05, 4.69) is 50.1 Å². The second-order valence-electron chi connectivity index (χ2n) is 6.66. The monoisotopic (exact) mass is 314 g/mol. The molecule has 2 heteroatoms. The van der Waals surface area contributed by atoms with E-state index in [-0.39, 0.29) is 0 Å². The molecule has 1 aliphatic heterocycles. The standard InChI is InChI=1S/C14H23N.C7H11N/c1-5-6-7-13(3)15(4)14-10-8-12(2)9-11-14;1-3-5-8-6-4-7(8)2/h5-7,12,14H,1,3,8-11H2,2,4H3;3H,1-2,4-6H2/b7-6-;. The van der Waals surface area contributed by atoms with Crippen molar-refractivity contribution in [1.82, 2.24) is 9.80 Å². The molecule has 0 N–H and O–H groups in total. The summed E-state index contributed by atoms with van der Waals surface area (Å²) in [6.45, 7) is 19.7. The number of likely N-dealkylation sites (tertiary alicyclic amines) is 1. The molecule has 0 amide bonds. The number of rotatable bonds is 6. The first-order valence-electron chi connectivity index (χ1n) is 8.74. The second kappa shape index (κ2) is 10.1. The van der Waals surface area contributed by atoms with Crippen molar-refractivity contribution in [1.29, 1.82) is 0 Å². The van der Waals surface area contributed by atoms with E-state index in [0.29, 0.717) is 6.04 Å². The average molecular weight is 315 g/mol. The first kappa shape index (κ1) is 19.3. The Hall–Kier alpha value is -1.70. The summed E-state index contributed by atoms with van der Waals surface area (Å²) in [6, 6.07) is 0.683. The molecule has 128 valence electrons. The van der Waals surface area contributed by atoms with Crippen LogP contribution in [0.2, 0.25) is 0 Å². The Kier molecular flexibility index (Phi) is 8.53. The van der Waals surface area contributed by atoms with Crippen molar-refractivity contribution in [3.05, 3.63) is 62.0 Å². The third-order valence-corrected chi connectivity index (χ3v) is 4.88. The molecule has 0 radical (unpaired) electrons. The van der Waals surface area contributed by atoms with E-state index in [1.165, 1.54) is 44.3 Å². The fourth-order valence-corrected chi connectivity index (χ4v) is 2.97. The molecule has 0 atom stereocenters. The van der Waals surface area contributed by atoms with E-state index in [1.807, 2.05) is 18.2 Å². The van der Waals surface area contributed by atoms with Gasteiger partial charge in [0.05, 0.1) is 0 Å². The maximum absolute atomic E-state index is 4.08. The summed E-state index contributed by atoms with van der Waals surface area (Å²) in [6.07, 6.45) is 14.2. The van der Waals surface area contributed by atoms with Gasteiger partial charge < -0.3 is 9.80 Å². The van der Waals surface area contributed by atoms with Gasteiger partial charge in [0.2, 0.25) is 0 Å². The normalized spacial score (nSPS) is 23.6. The van der Waals surface area contributed by atoms with Crippen molar-refractivity contribution < 1.29 is 0 Å². The predicted octanol–water partition coefficient (Wildman–Crippen LogP) is 5.14. The fourth-order valence-electron chi connectivity index (χ4n) is 2.97. The van der Waals surface area contributed by atoms with Gasteiger partial charge in [-0.1, -0.05) is 44.9 Å². The minimum Gasteiger partial charge on any atom is -0.372 e. The Labute approximate surface area is 143 Å². The van der Waals surface area contributed by atoms with Crippen LogP contribution in [-0.2, 0) is 0 Å². The van der Waals surface area contributed by atoms with Gasteiger partial charge in [0.15, 0.2) is 0 Å². The zero-order valence-electron chi connectivity index (χ0n) is 15.1. The summed E-state index contributed by atoms with van der Waals surface area (Å²) in [5.74, 6) is 0.909. The fraction of sp³-hybridized carbons (Fsp3) is 0.524. The van der Waals surface area contributed by atoms with Crippen molar-refractivity contribution in [3.63, 3.8) is 0 Å². The Morgan fingerprint density at radius 3 is 2.30 bits per heavy atom. The molecule has 0 aromatic carbocycles. The Morgan fingerprint density at radius 2 is 1.91 bits per heavy atom. The summed E-state index contributed by atoms with van der Waals surface area (Å²) >= 11 is 0. The lowest BCUT2D eigenvalue weighted by atomic mass is 9.86. The van der Waals surface area contributed by atoms with E-state index in [9.17, 15) is 0 Å². The average Bonchev–Trinajstić information content (AvgIpc) is 2.56. The zero-order valence-corrected chi connectivity index (χ0v) is 15.1. The van der Waals surface area contributed by atoms with Crippen LogP contribution in [0.3, 0.4) is 0 Å². The van der Waals surface area contributed by atoms with Gasteiger partial charge in [-0.05, 0) is 37.7 Å². The van der Waals surface area contributed by atoms with Crippen LogP contribution < -0.4 is 0 Å². The second-order valence-corrected chi connectivity index (χ2v) is 6.66. The molecule has 1 saturated carbocycles. The molecule has 0 spiro atoms. The lowest BCUT2D eigenvalue weighted by Crippen LogP contribution is -2.33. The van der Waals surface area contributed by atoms with Crippen molar-refractivity contribution in [2.45, 2.75) is 45.1 Å². The number of allylic oxidation sites excluding steroid dienone is 3.